The van der Waals surface area contributed by atoms with E-state index < -0.39 is 42.7 Å². The molecule has 5 N–H and O–H groups in total. The molecule has 132 valence electrons. The molecule has 3 aliphatic heterocycles. The number of nitrogens with zero attached hydrogens (tertiary/aromatic N) is 4. The zero-order chi connectivity index (χ0) is 17.5. The van der Waals surface area contributed by atoms with Crippen LogP contribution in [0.4, 0.5) is 0 Å². The van der Waals surface area contributed by atoms with Crippen LogP contribution >= 0.6 is 0 Å². The number of carbonyl (C=O) groups is 1. The maximum Gasteiger partial charge on any atom is 0.350 e. The summed E-state index contributed by atoms with van der Waals surface area (Å²) >= 11 is 0. The Kier molecular flexibility index (Phi) is 4.25. The lowest BCUT2D eigenvalue weighted by Crippen LogP contribution is -2.61. The van der Waals surface area contributed by atoms with Gasteiger partial charge in [-0.1, -0.05) is 0 Å². The fraction of sp³-hybridized carbons (Fsp3) is 0.692. The molecule has 1 saturated heterocycles. The summed E-state index contributed by atoms with van der Waals surface area (Å²) in [6.07, 6.45) is -3.44. The number of aliphatic imine (C=N–C) groups is 3. The highest BCUT2D eigenvalue weighted by molar-refractivity contribution is 6.33. The molecule has 0 aromatic rings. The largest absolute Gasteiger partial charge is 0.463 e. The summed E-state index contributed by atoms with van der Waals surface area (Å²) in [5.74, 6) is -0.713. The van der Waals surface area contributed by atoms with Crippen LogP contribution in [0.2, 0.25) is 0 Å². The van der Waals surface area contributed by atoms with Crippen molar-refractivity contribution in [2.24, 2.45) is 20.7 Å². The van der Waals surface area contributed by atoms with Gasteiger partial charge in [0, 0.05) is 0 Å². The summed E-state index contributed by atoms with van der Waals surface area (Å²) < 4.78 is 10.5. The van der Waals surface area contributed by atoms with Gasteiger partial charge in [0.15, 0.2) is 12.1 Å². The van der Waals surface area contributed by atoms with Crippen LogP contribution in [0.15, 0.2) is 15.0 Å². The molecular formula is C13H19N5O6. The zero-order valence-corrected chi connectivity index (χ0v) is 12.9. The molecule has 0 radical (unpaired) electrons. The van der Waals surface area contributed by atoms with Gasteiger partial charge in [-0.2, -0.15) is 0 Å². The van der Waals surface area contributed by atoms with Gasteiger partial charge in [-0.05, 0) is 6.92 Å². The van der Waals surface area contributed by atoms with Gasteiger partial charge >= 0.3 is 5.97 Å². The summed E-state index contributed by atoms with van der Waals surface area (Å²) in [7, 11) is 0. The third kappa shape index (κ3) is 2.20. The van der Waals surface area contributed by atoms with E-state index in [-0.39, 0.29) is 24.9 Å². The Labute approximate surface area is 137 Å². The fourth-order valence-electron chi connectivity index (χ4n) is 2.90. The summed E-state index contributed by atoms with van der Waals surface area (Å²) in [6, 6.07) is 0. The van der Waals surface area contributed by atoms with E-state index in [1.54, 1.807) is 6.92 Å². The molecule has 1 fully saturated rings. The highest BCUT2D eigenvalue weighted by atomic mass is 16.6. The van der Waals surface area contributed by atoms with Crippen molar-refractivity contribution in [2.75, 3.05) is 19.9 Å². The van der Waals surface area contributed by atoms with Crippen LogP contribution < -0.4 is 5.73 Å². The van der Waals surface area contributed by atoms with E-state index in [0.29, 0.717) is 0 Å². The average Bonchev–Trinajstić information content (AvgIpc) is 3.09. The molecular weight excluding hydrogens is 322 g/mol. The average molecular weight is 341 g/mol. The van der Waals surface area contributed by atoms with Gasteiger partial charge in [-0.3, -0.25) is 4.90 Å². The topological polar surface area (TPSA) is 163 Å². The molecule has 0 amide bonds. The fourth-order valence-corrected chi connectivity index (χ4v) is 2.90. The second-order valence-electron chi connectivity index (χ2n) is 5.48. The minimum absolute atomic E-state index is 0.0169. The van der Waals surface area contributed by atoms with Gasteiger partial charge in [0.1, 0.15) is 30.8 Å². The van der Waals surface area contributed by atoms with Crippen molar-refractivity contribution in [2.45, 2.75) is 37.0 Å². The minimum Gasteiger partial charge on any atom is -0.463 e. The van der Waals surface area contributed by atoms with Crippen molar-refractivity contribution in [3.8, 4) is 0 Å². The summed E-state index contributed by atoms with van der Waals surface area (Å²) in [5, 5.41) is 29.3. The smallest absolute Gasteiger partial charge is 0.350 e. The molecule has 3 aliphatic rings. The van der Waals surface area contributed by atoms with E-state index in [4.69, 9.17) is 15.2 Å². The molecule has 0 aromatic heterocycles. The summed E-state index contributed by atoms with van der Waals surface area (Å²) in [4.78, 5) is 26.0. The maximum absolute atomic E-state index is 12.4. The molecule has 3 heterocycles. The summed E-state index contributed by atoms with van der Waals surface area (Å²) in [6.45, 7) is 1.27. The predicted molar refractivity (Wildman–Crippen MR) is 81.4 cm³/mol. The first kappa shape index (κ1) is 16.8. The molecule has 11 nitrogen and oxygen atoms in total. The number of aliphatic hydroxyl groups excluding tert-OH is 3. The summed E-state index contributed by atoms with van der Waals surface area (Å²) in [5.41, 5.74) is 4.18. The lowest BCUT2D eigenvalue weighted by Gasteiger charge is -2.32. The number of carbonyl (C=O) groups excluding carboxylic acids is 1. The van der Waals surface area contributed by atoms with Crippen LogP contribution in [0, 0.1) is 0 Å². The number of hydrogen-bond donors (Lipinski definition) is 4. The van der Waals surface area contributed by atoms with E-state index in [1.165, 1.54) is 11.2 Å². The number of ether oxygens (including phenoxy) is 2. The third-order valence-corrected chi connectivity index (χ3v) is 4.14. The number of rotatable bonds is 4. The highest BCUT2D eigenvalue weighted by Crippen LogP contribution is 2.32. The molecule has 0 saturated carbocycles. The van der Waals surface area contributed by atoms with Crippen LogP contribution in [0.1, 0.15) is 6.92 Å². The molecule has 24 heavy (non-hydrogen) atoms. The second kappa shape index (κ2) is 6.09. The Morgan fingerprint density at radius 1 is 1.50 bits per heavy atom. The number of fused-ring (bicyclic) bond motifs is 1. The standard InChI is InChI=1S/C13H19N5O6/c1-2-23-12(22)13-10(14)15-4-16-11(13)18(5-17-13)9-8(21)7(20)6(3-19)24-9/h5-9,19-21H,2-4H2,1H3,(H2,14,15)/t6-,7-,8-,9-,13?/m1/s1. The van der Waals surface area contributed by atoms with Gasteiger partial charge in [0.2, 0.25) is 0 Å². The Hall–Kier alpha value is -2.08. The molecule has 0 aliphatic carbocycles. The van der Waals surface area contributed by atoms with Gasteiger partial charge in [0.05, 0.1) is 19.6 Å². The van der Waals surface area contributed by atoms with Crippen LogP contribution in [-0.2, 0) is 14.3 Å². The van der Waals surface area contributed by atoms with Crippen LogP contribution in [0.5, 0.6) is 0 Å². The number of aliphatic hydroxyl groups is 3. The predicted octanol–water partition coefficient (Wildman–Crippen LogP) is -3.20. The highest BCUT2D eigenvalue weighted by Gasteiger charge is 2.59. The molecule has 3 rings (SSSR count). The minimum atomic E-state index is -1.72. The molecule has 0 spiro atoms. The lowest BCUT2D eigenvalue weighted by atomic mass is 9.96. The molecule has 0 aromatic carbocycles. The Balaban J connectivity index is 1.93. The number of hydrogen-bond acceptors (Lipinski definition) is 11. The zero-order valence-electron chi connectivity index (χ0n) is 12.9. The van der Waals surface area contributed by atoms with Crippen molar-refractivity contribution in [3.05, 3.63) is 0 Å². The van der Waals surface area contributed by atoms with Crippen molar-refractivity contribution in [1.82, 2.24) is 4.90 Å². The van der Waals surface area contributed by atoms with E-state index in [0.717, 1.165) is 0 Å². The van der Waals surface area contributed by atoms with E-state index >= 15 is 0 Å². The SMILES string of the molecule is CCOC(=O)C12N=CN([C@@H]3O[C@H](CO)[C@@H](O)[C@H]3O)C1=NCN=C2N. The molecule has 0 bridgehead atoms. The number of nitrogens with two attached hydrogens (primary N) is 1. The number of esters is 1. The van der Waals surface area contributed by atoms with Crippen LogP contribution in [0.25, 0.3) is 0 Å². The van der Waals surface area contributed by atoms with Crippen molar-refractivity contribution in [1.29, 1.82) is 0 Å². The monoisotopic (exact) mass is 341 g/mol. The van der Waals surface area contributed by atoms with Crippen molar-refractivity contribution >= 4 is 24.0 Å². The van der Waals surface area contributed by atoms with E-state index in [9.17, 15) is 20.1 Å². The normalized spacial score (nSPS) is 37.9. The van der Waals surface area contributed by atoms with Crippen molar-refractivity contribution < 1.29 is 29.6 Å². The van der Waals surface area contributed by atoms with Gasteiger partial charge in [-0.15, -0.1) is 0 Å². The molecule has 11 heteroatoms. The molecule has 1 unspecified atom stereocenters. The second-order valence-corrected chi connectivity index (χ2v) is 5.48. The van der Waals surface area contributed by atoms with Gasteiger partial charge < -0.3 is 30.5 Å². The van der Waals surface area contributed by atoms with Crippen molar-refractivity contribution in [3.63, 3.8) is 0 Å². The Morgan fingerprint density at radius 3 is 2.88 bits per heavy atom. The third-order valence-electron chi connectivity index (χ3n) is 4.14. The van der Waals surface area contributed by atoms with Gasteiger partial charge in [-0.25, -0.2) is 19.8 Å². The first-order valence-electron chi connectivity index (χ1n) is 7.46. The quantitative estimate of drug-likeness (QED) is 0.388. The molecule has 5 atom stereocenters. The van der Waals surface area contributed by atoms with Crippen LogP contribution in [0.3, 0.4) is 0 Å². The maximum atomic E-state index is 12.4. The first-order valence-corrected chi connectivity index (χ1v) is 7.46. The number of amidine groups is 2. The Morgan fingerprint density at radius 2 is 2.25 bits per heavy atom. The van der Waals surface area contributed by atoms with E-state index in [2.05, 4.69) is 15.0 Å². The van der Waals surface area contributed by atoms with Crippen LogP contribution in [-0.4, -0.2) is 94.2 Å². The lowest BCUT2D eigenvalue weighted by molar-refractivity contribution is -0.144. The first-order chi connectivity index (χ1) is 11.5. The van der Waals surface area contributed by atoms with E-state index in [1.807, 2.05) is 0 Å². The Bertz CT molecular complexity index is 622. The van der Waals surface area contributed by atoms with Gasteiger partial charge in [0.25, 0.3) is 5.54 Å².